The highest BCUT2D eigenvalue weighted by Gasteiger charge is 2.34. The van der Waals surface area contributed by atoms with Crippen LogP contribution in [0.2, 0.25) is 0 Å². The van der Waals surface area contributed by atoms with Gasteiger partial charge in [-0.2, -0.15) is 13.2 Å². The smallest absolute Gasteiger partial charge is 0.419 e. The maximum atomic E-state index is 12.8. The van der Waals surface area contributed by atoms with E-state index in [-0.39, 0.29) is 5.75 Å². The number of hydrogen-bond donors (Lipinski definition) is 2. The zero-order chi connectivity index (χ0) is 19.1. The Kier molecular flexibility index (Phi) is 8.01. The van der Waals surface area contributed by atoms with Gasteiger partial charge >= 0.3 is 6.18 Å². The highest BCUT2D eigenvalue weighted by molar-refractivity contribution is 7.90. The van der Waals surface area contributed by atoms with Crippen molar-refractivity contribution in [3.8, 4) is 5.75 Å². The Bertz CT molecular complexity index is 647. The largest absolute Gasteiger partial charge is 0.496 e. The number of unbranched alkanes of at least 4 members (excludes halogenated alkanes) is 2. The van der Waals surface area contributed by atoms with E-state index < -0.39 is 27.0 Å². The summed E-state index contributed by atoms with van der Waals surface area (Å²) in [5, 5.41) is 2.58. The van der Waals surface area contributed by atoms with Crippen LogP contribution in [0.25, 0.3) is 0 Å². The quantitative estimate of drug-likeness (QED) is 0.607. The van der Waals surface area contributed by atoms with E-state index in [1.807, 2.05) is 0 Å². The summed E-state index contributed by atoms with van der Waals surface area (Å²) in [7, 11) is -2.03. The summed E-state index contributed by atoms with van der Waals surface area (Å²) in [6.45, 7) is 4.19. The molecule has 0 atom stereocenters. The first-order valence-electron chi connectivity index (χ1n) is 8.05. The summed E-state index contributed by atoms with van der Waals surface area (Å²) in [4.78, 5) is 0. The van der Waals surface area contributed by atoms with E-state index >= 15 is 0 Å². The van der Waals surface area contributed by atoms with Crippen molar-refractivity contribution < 1.29 is 26.3 Å². The Morgan fingerprint density at radius 3 is 2.32 bits per heavy atom. The SMILES string of the molecule is COc1cc(NCCCCCNS(=O)(=O)C(C)C)ccc1C(F)(F)F. The third-order valence-corrected chi connectivity index (χ3v) is 5.46. The molecule has 0 amide bonds. The van der Waals surface area contributed by atoms with Crippen molar-refractivity contribution >= 4 is 15.7 Å². The number of halogens is 3. The number of hydrogen-bond acceptors (Lipinski definition) is 4. The zero-order valence-corrected chi connectivity index (χ0v) is 15.4. The molecule has 0 aliphatic carbocycles. The molecule has 0 unspecified atom stereocenters. The van der Waals surface area contributed by atoms with Crippen LogP contribution >= 0.6 is 0 Å². The monoisotopic (exact) mass is 382 g/mol. The molecule has 2 N–H and O–H groups in total. The summed E-state index contributed by atoms with van der Waals surface area (Å²) in [5.74, 6) is -0.222. The second kappa shape index (κ2) is 9.28. The maximum Gasteiger partial charge on any atom is 0.419 e. The minimum atomic E-state index is -4.45. The Balaban J connectivity index is 2.35. The van der Waals surface area contributed by atoms with Gasteiger partial charge in [0, 0.05) is 24.8 Å². The minimum Gasteiger partial charge on any atom is -0.496 e. The van der Waals surface area contributed by atoms with E-state index in [1.54, 1.807) is 13.8 Å². The van der Waals surface area contributed by atoms with Crippen molar-refractivity contribution in [2.75, 3.05) is 25.5 Å². The van der Waals surface area contributed by atoms with Gasteiger partial charge in [-0.3, -0.25) is 0 Å². The van der Waals surface area contributed by atoms with Gasteiger partial charge in [0.2, 0.25) is 10.0 Å². The number of methoxy groups -OCH3 is 1. The first-order chi connectivity index (χ1) is 11.6. The fourth-order valence-electron chi connectivity index (χ4n) is 2.08. The van der Waals surface area contributed by atoms with Crippen LogP contribution in [-0.2, 0) is 16.2 Å². The summed E-state index contributed by atoms with van der Waals surface area (Å²) in [5.41, 5.74) is -0.261. The number of rotatable bonds is 10. The molecular formula is C16H25F3N2O3S. The highest BCUT2D eigenvalue weighted by Crippen LogP contribution is 2.37. The van der Waals surface area contributed by atoms with E-state index in [4.69, 9.17) is 4.74 Å². The summed E-state index contributed by atoms with van der Waals surface area (Å²) in [6.07, 6.45) is -2.19. The van der Waals surface area contributed by atoms with Gasteiger partial charge in [0.25, 0.3) is 0 Å². The number of ether oxygens (including phenoxy) is 1. The molecular weight excluding hydrogens is 357 g/mol. The lowest BCUT2D eigenvalue weighted by Gasteiger charge is -2.14. The first-order valence-corrected chi connectivity index (χ1v) is 9.60. The lowest BCUT2D eigenvalue weighted by Crippen LogP contribution is -2.31. The molecule has 0 saturated carbocycles. The average molecular weight is 382 g/mol. The summed E-state index contributed by atoms with van der Waals surface area (Å²) in [6, 6.07) is 3.67. The third kappa shape index (κ3) is 7.11. The molecule has 0 aliphatic rings. The van der Waals surface area contributed by atoms with Crippen LogP contribution in [0.4, 0.5) is 18.9 Å². The first kappa shape index (κ1) is 21.6. The van der Waals surface area contributed by atoms with Crippen molar-refractivity contribution in [1.82, 2.24) is 4.72 Å². The second-order valence-electron chi connectivity index (χ2n) is 5.89. The molecule has 0 aliphatic heterocycles. The van der Waals surface area contributed by atoms with Gasteiger partial charge < -0.3 is 10.1 Å². The number of anilines is 1. The third-order valence-electron chi connectivity index (χ3n) is 3.61. The van der Waals surface area contributed by atoms with Crippen LogP contribution in [0, 0.1) is 0 Å². The van der Waals surface area contributed by atoms with Gasteiger partial charge in [-0.1, -0.05) is 6.42 Å². The Labute approximate surface area is 147 Å². The van der Waals surface area contributed by atoms with Crippen LogP contribution in [-0.4, -0.2) is 33.9 Å². The number of nitrogens with one attached hydrogen (secondary N) is 2. The van der Waals surface area contributed by atoms with E-state index in [9.17, 15) is 21.6 Å². The molecule has 9 heteroatoms. The maximum absolute atomic E-state index is 12.8. The lowest BCUT2D eigenvalue weighted by atomic mass is 10.1. The predicted octanol–water partition coefficient (Wildman–Crippen LogP) is 3.62. The molecule has 0 spiro atoms. The van der Waals surface area contributed by atoms with Gasteiger partial charge in [0.15, 0.2) is 0 Å². The molecule has 0 saturated heterocycles. The molecule has 0 radical (unpaired) electrons. The molecule has 0 bridgehead atoms. The van der Waals surface area contributed by atoms with Crippen molar-refractivity contribution in [1.29, 1.82) is 0 Å². The Morgan fingerprint density at radius 1 is 1.12 bits per heavy atom. The average Bonchev–Trinajstić information content (AvgIpc) is 2.52. The van der Waals surface area contributed by atoms with Gasteiger partial charge in [-0.05, 0) is 38.8 Å². The van der Waals surface area contributed by atoms with E-state index in [2.05, 4.69) is 10.0 Å². The molecule has 25 heavy (non-hydrogen) atoms. The number of sulfonamides is 1. The lowest BCUT2D eigenvalue weighted by molar-refractivity contribution is -0.138. The van der Waals surface area contributed by atoms with Crippen LogP contribution in [0.1, 0.15) is 38.7 Å². The molecule has 1 aromatic carbocycles. The Morgan fingerprint density at radius 2 is 1.76 bits per heavy atom. The van der Waals surface area contributed by atoms with Crippen molar-refractivity contribution in [3.63, 3.8) is 0 Å². The molecule has 1 aromatic rings. The molecule has 0 aromatic heterocycles. The van der Waals surface area contributed by atoms with Crippen LogP contribution in [0.5, 0.6) is 5.75 Å². The van der Waals surface area contributed by atoms with Gasteiger partial charge in [0.1, 0.15) is 5.75 Å². The predicted molar refractivity (Wildman–Crippen MR) is 92.4 cm³/mol. The fraction of sp³-hybridized carbons (Fsp3) is 0.625. The molecule has 0 heterocycles. The van der Waals surface area contributed by atoms with Crippen molar-refractivity contribution in [2.24, 2.45) is 0 Å². The fourth-order valence-corrected chi connectivity index (χ4v) is 2.84. The molecule has 1 rings (SSSR count). The molecule has 144 valence electrons. The number of alkyl halides is 3. The van der Waals surface area contributed by atoms with Gasteiger partial charge in [-0.15, -0.1) is 0 Å². The van der Waals surface area contributed by atoms with E-state index in [1.165, 1.54) is 19.2 Å². The molecule has 0 fully saturated rings. The van der Waals surface area contributed by atoms with Crippen molar-refractivity contribution in [2.45, 2.75) is 44.5 Å². The summed E-state index contributed by atoms with van der Waals surface area (Å²) >= 11 is 0. The standard InChI is InChI=1S/C16H25F3N2O3S/c1-12(2)25(22,23)21-10-6-4-5-9-20-13-7-8-14(16(17,18)19)15(11-13)24-3/h7-8,11-12,20-21H,4-6,9-10H2,1-3H3. The number of benzene rings is 1. The van der Waals surface area contributed by atoms with E-state index in [0.717, 1.165) is 18.9 Å². The van der Waals surface area contributed by atoms with Gasteiger partial charge in [0.05, 0.1) is 17.9 Å². The van der Waals surface area contributed by atoms with Crippen LogP contribution in [0.3, 0.4) is 0 Å². The summed E-state index contributed by atoms with van der Waals surface area (Å²) < 4.78 is 68.8. The molecule has 5 nitrogen and oxygen atoms in total. The zero-order valence-electron chi connectivity index (χ0n) is 14.6. The Hall–Kier alpha value is -1.48. The highest BCUT2D eigenvalue weighted by atomic mass is 32.2. The van der Waals surface area contributed by atoms with Gasteiger partial charge in [-0.25, -0.2) is 13.1 Å². The second-order valence-corrected chi connectivity index (χ2v) is 8.21. The normalized spacial score (nSPS) is 12.4. The van der Waals surface area contributed by atoms with E-state index in [0.29, 0.717) is 25.2 Å². The van der Waals surface area contributed by atoms with Crippen LogP contribution < -0.4 is 14.8 Å². The van der Waals surface area contributed by atoms with Crippen LogP contribution in [0.15, 0.2) is 18.2 Å². The topological polar surface area (TPSA) is 67.4 Å². The minimum absolute atomic E-state index is 0.222. The van der Waals surface area contributed by atoms with Crippen molar-refractivity contribution in [3.05, 3.63) is 23.8 Å².